The molecular formula is C39H33ClN2O4S. The molecule has 0 saturated heterocycles. The van der Waals surface area contributed by atoms with Gasteiger partial charge in [0.2, 0.25) is 0 Å². The van der Waals surface area contributed by atoms with Gasteiger partial charge >= 0.3 is 5.97 Å². The maximum Gasteiger partial charge on any atom is 0.336 e. The molecule has 0 fully saturated rings. The van der Waals surface area contributed by atoms with Crippen LogP contribution in [0.15, 0.2) is 114 Å². The van der Waals surface area contributed by atoms with Crippen LogP contribution >= 0.6 is 23.4 Å². The van der Waals surface area contributed by atoms with Crippen molar-refractivity contribution >= 4 is 40.2 Å². The standard InChI is InChI=1S/C39H33ClN2O4S/c1-24-20-32-34(46-23-29-17-14-27(21-41-29)26-8-4-3-5-9-26)19-18-33-35(32)38(47-24)36(42(33)22-25-12-15-28(40)16-13-25)37(45-2)30-10-6-7-11-31(30)39(43)44/h3-19,21,24,37H,20,22-23H2,1-2H3,(H,43,44). The number of halogens is 1. The van der Waals surface area contributed by atoms with Crippen LogP contribution in [0.2, 0.25) is 5.02 Å². The van der Waals surface area contributed by atoms with Crippen molar-refractivity contribution in [3.05, 3.63) is 148 Å². The fourth-order valence-corrected chi connectivity index (χ4v) is 7.90. The van der Waals surface area contributed by atoms with Gasteiger partial charge in [-0.2, -0.15) is 0 Å². The van der Waals surface area contributed by atoms with Gasteiger partial charge in [-0.3, -0.25) is 4.98 Å². The molecule has 6 aromatic rings. The lowest BCUT2D eigenvalue weighted by Gasteiger charge is -2.25. The molecule has 2 unspecified atom stereocenters. The zero-order valence-corrected chi connectivity index (χ0v) is 27.6. The van der Waals surface area contributed by atoms with Gasteiger partial charge in [-0.25, -0.2) is 4.79 Å². The molecule has 4 aromatic carbocycles. The van der Waals surface area contributed by atoms with E-state index in [1.165, 1.54) is 0 Å². The average Bonchev–Trinajstić information content (AvgIpc) is 3.39. The quantitative estimate of drug-likeness (QED) is 0.158. The van der Waals surface area contributed by atoms with E-state index in [1.807, 2.05) is 66.9 Å². The van der Waals surface area contributed by atoms with E-state index < -0.39 is 12.1 Å². The van der Waals surface area contributed by atoms with Gasteiger partial charge < -0.3 is 19.1 Å². The summed E-state index contributed by atoms with van der Waals surface area (Å²) in [6, 6.07) is 33.4. The number of methoxy groups -OCH3 is 1. The summed E-state index contributed by atoms with van der Waals surface area (Å²) in [6.45, 7) is 3.12. The van der Waals surface area contributed by atoms with Crippen molar-refractivity contribution in [3.63, 3.8) is 0 Å². The molecule has 2 aromatic heterocycles. The highest BCUT2D eigenvalue weighted by atomic mass is 35.5. The summed E-state index contributed by atoms with van der Waals surface area (Å²) >= 11 is 8.04. The molecule has 47 heavy (non-hydrogen) atoms. The molecule has 8 heteroatoms. The molecule has 236 valence electrons. The van der Waals surface area contributed by atoms with Gasteiger partial charge in [-0.15, -0.1) is 11.8 Å². The van der Waals surface area contributed by atoms with Crippen molar-refractivity contribution in [2.24, 2.45) is 0 Å². The van der Waals surface area contributed by atoms with Crippen molar-refractivity contribution in [1.29, 1.82) is 0 Å². The van der Waals surface area contributed by atoms with Crippen molar-refractivity contribution < 1.29 is 19.4 Å². The number of aromatic nitrogens is 2. The highest BCUT2D eigenvalue weighted by molar-refractivity contribution is 8.00. The van der Waals surface area contributed by atoms with Crippen molar-refractivity contribution in [2.45, 2.75) is 42.7 Å². The molecule has 1 aliphatic heterocycles. The Morgan fingerprint density at radius 2 is 1.74 bits per heavy atom. The van der Waals surface area contributed by atoms with E-state index in [-0.39, 0.29) is 10.8 Å². The van der Waals surface area contributed by atoms with Crippen LogP contribution in [0.4, 0.5) is 0 Å². The van der Waals surface area contributed by atoms with E-state index >= 15 is 0 Å². The first-order chi connectivity index (χ1) is 22.9. The molecule has 0 aliphatic carbocycles. The zero-order valence-electron chi connectivity index (χ0n) is 26.0. The van der Waals surface area contributed by atoms with Crippen LogP contribution in [0, 0.1) is 0 Å². The summed E-state index contributed by atoms with van der Waals surface area (Å²) in [5, 5.41) is 12.2. The van der Waals surface area contributed by atoms with Crippen molar-refractivity contribution in [2.75, 3.05) is 7.11 Å². The van der Waals surface area contributed by atoms with Crippen LogP contribution in [-0.2, 0) is 24.3 Å². The number of carboxylic acid groups (broad SMARTS) is 1. The van der Waals surface area contributed by atoms with Crippen LogP contribution < -0.4 is 4.74 Å². The summed E-state index contributed by atoms with van der Waals surface area (Å²) in [5.41, 5.74) is 8.06. The van der Waals surface area contributed by atoms with Gasteiger partial charge in [0.1, 0.15) is 18.5 Å². The Balaban J connectivity index is 1.33. The highest BCUT2D eigenvalue weighted by Crippen LogP contribution is 2.50. The van der Waals surface area contributed by atoms with Crippen LogP contribution in [-0.4, -0.2) is 33.0 Å². The summed E-state index contributed by atoms with van der Waals surface area (Å²) in [4.78, 5) is 18.1. The number of carbonyl (C=O) groups is 1. The topological polar surface area (TPSA) is 73.6 Å². The lowest BCUT2D eigenvalue weighted by atomic mass is 9.98. The molecule has 0 amide bonds. The van der Waals surface area contributed by atoms with Gasteiger partial charge in [0.15, 0.2) is 0 Å². The normalized spacial score (nSPS) is 14.7. The number of hydrogen-bond donors (Lipinski definition) is 1. The lowest BCUT2D eigenvalue weighted by Crippen LogP contribution is -2.16. The first kappa shape index (κ1) is 31.1. The number of benzene rings is 4. The third-order valence-corrected chi connectivity index (χ3v) is 10.1. The molecule has 3 heterocycles. The minimum absolute atomic E-state index is 0.221. The maximum atomic E-state index is 12.3. The SMILES string of the molecule is COC(c1ccccc1C(=O)O)c1c2c3c(c(OCc4ccc(-c5ccccc5)cn4)ccc3n1Cc1ccc(Cl)cc1)CC(C)S2. The van der Waals surface area contributed by atoms with Crippen LogP contribution in [0.3, 0.4) is 0 Å². The van der Waals surface area contributed by atoms with E-state index in [1.54, 1.807) is 31.0 Å². The van der Waals surface area contributed by atoms with Crippen LogP contribution in [0.1, 0.15) is 51.5 Å². The number of aromatic carboxylic acids is 1. The molecule has 0 radical (unpaired) electrons. The predicted molar refractivity (Wildman–Crippen MR) is 188 cm³/mol. The second kappa shape index (κ2) is 13.3. The van der Waals surface area contributed by atoms with Crippen LogP contribution in [0.25, 0.3) is 22.0 Å². The van der Waals surface area contributed by atoms with Crippen molar-refractivity contribution in [3.8, 4) is 16.9 Å². The zero-order chi connectivity index (χ0) is 32.5. The number of carboxylic acids is 1. The molecule has 2 atom stereocenters. The molecule has 1 N–H and O–H groups in total. The Labute approximate surface area is 283 Å². The van der Waals surface area contributed by atoms with Crippen LogP contribution in [0.5, 0.6) is 5.75 Å². The summed E-state index contributed by atoms with van der Waals surface area (Å²) < 4.78 is 15.0. The molecular weight excluding hydrogens is 628 g/mol. The predicted octanol–water partition coefficient (Wildman–Crippen LogP) is 9.45. The second-order valence-corrected chi connectivity index (χ2v) is 13.6. The molecule has 7 rings (SSSR count). The number of thioether (sulfide) groups is 1. The number of pyridine rings is 1. The first-order valence-corrected chi connectivity index (χ1v) is 16.7. The number of ether oxygens (including phenoxy) is 2. The second-order valence-electron chi connectivity index (χ2n) is 11.7. The third kappa shape index (κ3) is 6.14. The Morgan fingerprint density at radius 3 is 2.47 bits per heavy atom. The average molecular weight is 661 g/mol. The van der Waals surface area contributed by atoms with E-state index in [9.17, 15) is 9.90 Å². The smallest absolute Gasteiger partial charge is 0.336 e. The first-order valence-electron chi connectivity index (χ1n) is 15.5. The Hall–Kier alpha value is -4.56. The Morgan fingerprint density at radius 1 is 0.979 bits per heavy atom. The minimum Gasteiger partial charge on any atom is -0.487 e. The van der Waals surface area contributed by atoms with Gasteiger partial charge in [-0.05, 0) is 53.9 Å². The third-order valence-electron chi connectivity index (χ3n) is 8.62. The fourth-order valence-electron chi connectivity index (χ4n) is 6.44. The molecule has 0 bridgehead atoms. The maximum absolute atomic E-state index is 12.3. The van der Waals surface area contributed by atoms with E-state index in [0.717, 1.165) is 61.6 Å². The van der Waals surface area contributed by atoms with Crippen molar-refractivity contribution in [1.82, 2.24) is 9.55 Å². The molecule has 0 saturated carbocycles. The van der Waals surface area contributed by atoms with Gasteiger partial charge in [0.25, 0.3) is 0 Å². The largest absolute Gasteiger partial charge is 0.487 e. The van der Waals surface area contributed by atoms with E-state index in [4.69, 9.17) is 21.1 Å². The minimum atomic E-state index is -0.987. The monoisotopic (exact) mass is 660 g/mol. The van der Waals surface area contributed by atoms with Gasteiger partial charge in [0.05, 0.1) is 22.5 Å². The highest BCUT2D eigenvalue weighted by Gasteiger charge is 2.34. The Bertz CT molecular complexity index is 2060. The summed E-state index contributed by atoms with van der Waals surface area (Å²) in [6.07, 6.45) is 2.11. The Kier molecular flexibility index (Phi) is 8.78. The lowest BCUT2D eigenvalue weighted by molar-refractivity contribution is 0.0686. The summed E-state index contributed by atoms with van der Waals surface area (Å²) in [5.74, 6) is -0.158. The number of nitrogens with zero attached hydrogens (tertiary/aromatic N) is 2. The van der Waals surface area contributed by atoms with E-state index in [2.05, 4.69) is 46.8 Å². The van der Waals surface area contributed by atoms with Gasteiger partial charge in [-0.1, -0.05) is 85.3 Å². The molecule has 0 spiro atoms. The van der Waals surface area contributed by atoms with Gasteiger partial charge in [0, 0.05) is 57.1 Å². The fraction of sp³-hybridized carbons (Fsp3) is 0.179. The van der Waals surface area contributed by atoms with E-state index in [0.29, 0.717) is 23.7 Å². The number of rotatable bonds is 10. The number of hydrogen-bond acceptors (Lipinski definition) is 5. The summed E-state index contributed by atoms with van der Waals surface area (Å²) in [7, 11) is 1.64. The molecule has 1 aliphatic rings. The molecule has 6 nitrogen and oxygen atoms in total.